The lowest BCUT2D eigenvalue weighted by atomic mass is 10.0. The third kappa shape index (κ3) is 4.91. The molecule has 0 unspecified atom stereocenters. The second-order valence-electron chi connectivity index (χ2n) is 5.01. The highest BCUT2D eigenvalue weighted by Crippen LogP contribution is 2.29. The van der Waals surface area contributed by atoms with Crippen LogP contribution < -0.4 is 0 Å². The summed E-state index contributed by atoms with van der Waals surface area (Å²) in [5.74, 6) is -0.467. The molecule has 7 heteroatoms. The van der Waals surface area contributed by atoms with Gasteiger partial charge in [0.1, 0.15) is 6.61 Å². The fourth-order valence-electron chi connectivity index (χ4n) is 2.57. The van der Waals surface area contributed by atoms with Gasteiger partial charge in [-0.3, -0.25) is 4.90 Å². The predicted octanol–water partition coefficient (Wildman–Crippen LogP) is 1.79. The van der Waals surface area contributed by atoms with E-state index in [1.807, 2.05) is 0 Å². The lowest BCUT2D eigenvalue weighted by molar-refractivity contribution is -0.190. The van der Waals surface area contributed by atoms with E-state index in [1.165, 1.54) is 0 Å². The molecule has 0 saturated carbocycles. The molecule has 0 N–H and O–H groups in total. The first kappa shape index (κ1) is 15.0. The zero-order valence-corrected chi connectivity index (χ0v) is 10.9. The van der Waals surface area contributed by atoms with E-state index in [2.05, 4.69) is 9.64 Å². The number of halogens is 3. The molecule has 0 atom stereocenters. The lowest BCUT2D eigenvalue weighted by Crippen LogP contribution is -2.49. The summed E-state index contributed by atoms with van der Waals surface area (Å²) in [5.41, 5.74) is 0. The minimum absolute atomic E-state index is 0.130. The predicted molar refractivity (Wildman–Crippen MR) is 61.8 cm³/mol. The normalized spacial score (nSPS) is 24.2. The van der Waals surface area contributed by atoms with Gasteiger partial charge in [0, 0.05) is 19.6 Å². The van der Waals surface area contributed by atoms with E-state index in [0.29, 0.717) is 32.7 Å². The van der Waals surface area contributed by atoms with Crippen LogP contribution in [-0.4, -0.2) is 62.9 Å². The van der Waals surface area contributed by atoms with Crippen LogP contribution in [0.1, 0.15) is 19.3 Å². The van der Waals surface area contributed by atoms with E-state index in [-0.39, 0.29) is 6.61 Å². The van der Waals surface area contributed by atoms with Crippen molar-refractivity contribution in [2.24, 2.45) is 0 Å². The summed E-state index contributed by atoms with van der Waals surface area (Å²) in [5, 5.41) is 0. The summed E-state index contributed by atoms with van der Waals surface area (Å²) < 4.78 is 51.5. The summed E-state index contributed by atoms with van der Waals surface area (Å²) in [7, 11) is 0. The molecule has 0 amide bonds. The Balaban J connectivity index is 1.61. The van der Waals surface area contributed by atoms with E-state index in [1.54, 1.807) is 0 Å². The lowest BCUT2D eigenvalue weighted by Gasteiger charge is -2.38. The minimum Gasteiger partial charge on any atom is -0.372 e. The molecular weight excluding hydrogens is 263 g/mol. The van der Waals surface area contributed by atoms with E-state index >= 15 is 0 Å². The number of ether oxygens (including phenoxy) is 3. The van der Waals surface area contributed by atoms with Crippen molar-refractivity contribution >= 4 is 0 Å². The molecule has 1 spiro atoms. The third-order valence-electron chi connectivity index (χ3n) is 3.34. The van der Waals surface area contributed by atoms with Crippen LogP contribution in [0.25, 0.3) is 0 Å². The second kappa shape index (κ2) is 6.39. The largest absolute Gasteiger partial charge is 0.411 e. The molecule has 0 aliphatic carbocycles. The van der Waals surface area contributed by atoms with Gasteiger partial charge in [0.2, 0.25) is 0 Å². The number of alkyl halides is 3. The molecule has 2 heterocycles. The Morgan fingerprint density at radius 3 is 2.63 bits per heavy atom. The summed E-state index contributed by atoms with van der Waals surface area (Å²) in [6.45, 7) is 2.57. The Morgan fingerprint density at radius 2 is 1.95 bits per heavy atom. The van der Waals surface area contributed by atoms with Gasteiger partial charge < -0.3 is 14.2 Å². The van der Waals surface area contributed by atoms with Crippen molar-refractivity contribution in [1.29, 1.82) is 0 Å². The van der Waals surface area contributed by atoms with Gasteiger partial charge >= 0.3 is 6.18 Å². The minimum atomic E-state index is -4.24. The van der Waals surface area contributed by atoms with Crippen LogP contribution in [0.4, 0.5) is 13.2 Å². The Hall–Kier alpha value is -0.370. The third-order valence-corrected chi connectivity index (χ3v) is 3.34. The van der Waals surface area contributed by atoms with Crippen LogP contribution in [0.15, 0.2) is 0 Å². The van der Waals surface area contributed by atoms with Crippen molar-refractivity contribution in [2.75, 3.05) is 46.1 Å². The van der Waals surface area contributed by atoms with Crippen molar-refractivity contribution in [3.8, 4) is 0 Å². The molecule has 112 valence electrons. The van der Waals surface area contributed by atoms with Gasteiger partial charge in [-0.1, -0.05) is 0 Å². The molecule has 0 aromatic rings. The number of hydrogen-bond donors (Lipinski definition) is 0. The van der Waals surface area contributed by atoms with Gasteiger partial charge in [0.25, 0.3) is 0 Å². The molecule has 2 fully saturated rings. The highest BCUT2D eigenvalue weighted by molar-refractivity contribution is 4.83. The first-order chi connectivity index (χ1) is 8.99. The van der Waals surface area contributed by atoms with Crippen LogP contribution >= 0.6 is 0 Å². The summed E-state index contributed by atoms with van der Waals surface area (Å²) in [6, 6.07) is 0. The Labute approximate surface area is 110 Å². The first-order valence-electron chi connectivity index (χ1n) is 6.64. The maximum absolute atomic E-state index is 11.9. The number of likely N-dealkylation sites (tertiary alicyclic amines) is 1. The molecule has 0 aromatic heterocycles. The average Bonchev–Trinajstić information content (AvgIpc) is 2.75. The Bertz CT molecular complexity index is 280. The number of hydrogen-bond acceptors (Lipinski definition) is 4. The fourth-order valence-corrected chi connectivity index (χ4v) is 2.57. The van der Waals surface area contributed by atoms with Crippen LogP contribution in [-0.2, 0) is 14.2 Å². The van der Waals surface area contributed by atoms with Gasteiger partial charge in [-0.2, -0.15) is 13.2 Å². The van der Waals surface area contributed by atoms with Gasteiger partial charge in [-0.05, 0) is 19.4 Å². The van der Waals surface area contributed by atoms with Crippen LogP contribution in [0, 0.1) is 0 Å². The maximum atomic E-state index is 11.9. The average molecular weight is 283 g/mol. The zero-order valence-electron chi connectivity index (χ0n) is 10.9. The molecule has 0 bridgehead atoms. The van der Waals surface area contributed by atoms with E-state index in [0.717, 1.165) is 19.4 Å². The van der Waals surface area contributed by atoms with Crippen molar-refractivity contribution in [2.45, 2.75) is 31.2 Å². The summed E-state index contributed by atoms with van der Waals surface area (Å²) in [4.78, 5) is 2.17. The van der Waals surface area contributed by atoms with Gasteiger partial charge in [-0.25, -0.2) is 0 Å². The summed E-state index contributed by atoms with van der Waals surface area (Å²) in [6.07, 6.45) is -1.76. The van der Waals surface area contributed by atoms with E-state index < -0.39 is 18.6 Å². The van der Waals surface area contributed by atoms with Crippen molar-refractivity contribution in [3.63, 3.8) is 0 Å². The molecule has 2 rings (SSSR count). The molecule has 4 nitrogen and oxygen atoms in total. The quantitative estimate of drug-likeness (QED) is 0.720. The number of nitrogens with zero attached hydrogens (tertiary/aromatic N) is 1. The topological polar surface area (TPSA) is 30.9 Å². The standard InChI is InChI=1S/C12H20F3NO3/c13-12(14,15)10-17-6-2-5-16-4-1-3-11(9-16)18-7-8-19-11/h1-10H2. The smallest absolute Gasteiger partial charge is 0.372 e. The van der Waals surface area contributed by atoms with Crippen LogP contribution in [0.3, 0.4) is 0 Å². The fraction of sp³-hybridized carbons (Fsp3) is 1.00. The number of piperidine rings is 1. The van der Waals surface area contributed by atoms with Crippen molar-refractivity contribution in [1.82, 2.24) is 4.90 Å². The Morgan fingerprint density at radius 1 is 1.21 bits per heavy atom. The molecule has 19 heavy (non-hydrogen) atoms. The van der Waals surface area contributed by atoms with E-state index in [9.17, 15) is 13.2 Å². The van der Waals surface area contributed by atoms with E-state index in [4.69, 9.17) is 9.47 Å². The molecule has 2 aliphatic rings. The summed E-state index contributed by atoms with van der Waals surface area (Å²) >= 11 is 0. The van der Waals surface area contributed by atoms with Crippen molar-refractivity contribution < 1.29 is 27.4 Å². The first-order valence-corrected chi connectivity index (χ1v) is 6.64. The van der Waals surface area contributed by atoms with Gasteiger partial charge in [0.15, 0.2) is 5.79 Å². The molecule has 0 radical (unpaired) electrons. The number of rotatable bonds is 5. The Kier molecular flexibility index (Phi) is 5.05. The SMILES string of the molecule is FC(F)(F)COCCCN1CCCC2(C1)OCCO2. The van der Waals surface area contributed by atoms with Gasteiger partial charge in [-0.15, -0.1) is 0 Å². The molecule has 2 saturated heterocycles. The highest BCUT2D eigenvalue weighted by atomic mass is 19.4. The molecule has 2 aliphatic heterocycles. The van der Waals surface area contributed by atoms with Crippen LogP contribution in [0.2, 0.25) is 0 Å². The molecule has 0 aromatic carbocycles. The van der Waals surface area contributed by atoms with Crippen molar-refractivity contribution in [3.05, 3.63) is 0 Å². The van der Waals surface area contributed by atoms with Gasteiger partial charge in [0.05, 0.1) is 19.8 Å². The van der Waals surface area contributed by atoms with Crippen LogP contribution in [0.5, 0.6) is 0 Å². The second-order valence-corrected chi connectivity index (χ2v) is 5.01. The highest BCUT2D eigenvalue weighted by Gasteiger charge is 2.40. The maximum Gasteiger partial charge on any atom is 0.411 e. The zero-order chi connectivity index (χ0) is 13.8. The monoisotopic (exact) mass is 283 g/mol. The molecular formula is C12H20F3NO3.